The van der Waals surface area contributed by atoms with Crippen LogP contribution in [0.2, 0.25) is 0 Å². The summed E-state index contributed by atoms with van der Waals surface area (Å²) in [4.78, 5) is 12.7. The number of benzene rings is 2. The fourth-order valence-corrected chi connectivity index (χ4v) is 3.52. The molecule has 0 saturated heterocycles. The molecule has 0 aliphatic rings. The number of methoxy groups -OCH3 is 2. The number of hydrogen-bond donors (Lipinski definition) is 1. The van der Waals surface area contributed by atoms with Crippen LogP contribution in [0.4, 0.5) is 0 Å². The minimum Gasteiger partial charge on any atom is -0.493 e. The average molecular weight is 392 g/mol. The molecule has 0 spiro atoms. The van der Waals surface area contributed by atoms with Gasteiger partial charge in [-0.25, -0.2) is 0 Å². The van der Waals surface area contributed by atoms with Crippen LogP contribution >= 0.6 is 0 Å². The van der Waals surface area contributed by atoms with E-state index in [0.717, 1.165) is 12.0 Å². The second-order valence-electron chi connectivity index (χ2n) is 7.00. The summed E-state index contributed by atoms with van der Waals surface area (Å²) < 4.78 is 12.7. The van der Waals surface area contributed by atoms with Crippen molar-refractivity contribution in [2.45, 2.75) is 25.8 Å². The molecular formula is C24H28N2O3. The van der Waals surface area contributed by atoms with Crippen molar-refractivity contribution in [2.75, 3.05) is 20.8 Å². The van der Waals surface area contributed by atoms with Crippen molar-refractivity contribution in [2.24, 2.45) is 0 Å². The Morgan fingerprint density at radius 2 is 1.72 bits per heavy atom. The standard InChI is InChI=1S/C24H28N2O3/c1-18-8-4-5-9-20(18)21(26-14-6-7-15-26)17-24(27)25-13-12-19-10-11-22(28-2)23(16-19)29-3/h4-11,14-16,21H,12-13,17H2,1-3H3,(H,25,27). The lowest BCUT2D eigenvalue weighted by atomic mass is 9.98. The molecule has 0 saturated carbocycles. The summed E-state index contributed by atoms with van der Waals surface area (Å²) in [5.41, 5.74) is 3.44. The third-order valence-electron chi connectivity index (χ3n) is 5.10. The number of aryl methyl sites for hydroxylation is 1. The van der Waals surface area contributed by atoms with Crippen molar-refractivity contribution in [1.29, 1.82) is 0 Å². The fourth-order valence-electron chi connectivity index (χ4n) is 3.52. The molecule has 1 unspecified atom stereocenters. The molecule has 0 radical (unpaired) electrons. The maximum atomic E-state index is 12.7. The molecule has 1 aromatic heterocycles. The third-order valence-corrected chi connectivity index (χ3v) is 5.10. The number of carbonyl (C=O) groups excluding carboxylic acids is 1. The van der Waals surface area contributed by atoms with E-state index in [2.05, 4.69) is 28.9 Å². The highest BCUT2D eigenvalue weighted by Gasteiger charge is 2.18. The number of ether oxygens (including phenoxy) is 2. The third kappa shape index (κ3) is 5.19. The number of rotatable bonds is 9. The van der Waals surface area contributed by atoms with Crippen molar-refractivity contribution < 1.29 is 14.3 Å². The maximum Gasteiger partial charge on any atom is 0.222 e. The van der Waals surface area contributed by atoms with Gasteiger partial charge in [-0.15, -0.1) is 0 Å². The van der Waals surface area contributed by atoms with Gasteiger partial charge >= 0.3 is 0 Å². The Morgan fingerprint density at radius 1 is 1.00 bits per heavy atom. The van der Waals surface area contributed by atoms with Gasteiger partial charge in [-0.2, -0.15) is 0 Å². The molecule has 29 heavy (non-hydrogen) atoms. The van der Waals surface area contributed by atoms with Gasteiger partial charge in [-0.3, -0.25) is 4.79 Å². The van der Waals surface area contributed by atoms with Crippen molar-refractivity contribution in [3.63, 3.8) is 0 Å². The van der Waals surface area contributed by atoms with E-state index >= 15 is 0 Å². The topological polar surface area (TPSA) is 52.5 Å². The highest BCUT2D eigenvalue weighted by molar-refractivity contribution is 5.77. The first-order valence-corrected chi connectivity index (χ1v) is 9.78. The van der Waals surface area contributed by atoms with Crippen LogP contribution in [0.25, 0.3) is 0 Å². The number of amides is 1. The normalized spacial score (nSPS) is 11.7. The average Bonchev–Trinajstić information content (AvgIpc) is 3.27. The Labute approximate surface area is 172 Å². The SMILES string of the molecule is COc1ccc(CCNC(=O)CC(c2ccccc2C)n2cccc2)cc1OC. The molecule has 3 rings (SSSR count). The summed E-state index contributed by atoms with van der Waals surface area (Å²) >= 11 is 0. The van der Waals surface area contributed by atoms with E-state index in [1.807, 2.05) is 54.9 Å². The Hall–Kier alpha value is -3.21. The van der Waals surface area contributed by atoms with E-state index < -0.39 is 0 Å². The Bertz CT molecular complexity index is 935. The maximum absolute atomic E-state index is 12.7. The second kappa shape index (κ2) is 9.82. The van der Waals surface area contributed by atoms with Crippen LogP contribution in [0, 0.1) is 6.92 Å². The molecule has 5 nitrogen and oxygen atoms in total. The first-order valence-electron chi connectivity index (χ1n) is 9.78. The lowest BCUT2D eigenvalue weighted by Crippen LogP contribution is -2.28. The molecule has 0 bridgehead atoms. The first-order chi connectivity index (χ1) is 14.1. The number of hydrogen-bond acceptors (Lipinski definition) is 3. The van der Waals surface area contributed by atoms with Crippen LogP contribution in [0.1, 0.15) is 29.2 Å². The van der Waals surface area contributed by atoms with Crippen LogP contribution in [0.5, 0.6) is 11.5 Å². The van der Waals surface area contributed by atoms with Gasteiger partial charge in [0.15, 0.2) is 11.5 Å². The van der Waals surface area contributed by atoms with Crippen LogP contribution in [-0.2, 0) is 11.2 Å². The summed E-state index contributed by atoms with van der Waals surface area (Å²) in [6, 6.07) is 18.0. The van der Waals surface area contributed by atoms with Crippen LogP contribution in [0.3, 0.4) is 0 Å². The summed E-state index contributed by atoms with van der Waals surface area (Å²) in [5.74, 6) is 1.43. The zero-order chi connectivity index (χ0) is 20.6. The van der Waals surface area contributed by atoms with E-state index in [4.69, 9.17) is 9.47 Å². The van der Waals surface area contributed by atoms with Crippen molar-refractivity contribution in [3.05, 3.63) is 83.7 Å². The molecule has 2 aromatic carbocycles. The smallest absolute Gasteiger partial charge is 0.222 e. The fraction of sp³-hybridized carbons (Fsp3) is 0.292. The highest BCUT2D eigenvalue weighted by atomic mass is 16.5. The Balaban J connectivity index is 1.62. The zero-order valence-corrected chi connectivity index (χ0v) is 17.2. The van der Waals surface area contributed by atoms with Crippen molar-refractivity contribution in [3.8, 4) is 11.5 Å². The summed E-state index contributed by atoms with van der Waals surface area (Å²) in [6.07, 6.45) is 5.14. The van der Waals surface area contributed by atoms with E-state index in [-0.39, 0.29) is 11.9 Å². The summed E-state index contributed by atoms with van der Waals surface area (Å²) in [5, 5.41) is 3.05. The number of carbonyl (C=O) groups is 1. The largest absolute Gasteiger partial charge is 0.493 e. The molecular weight excluding hydrogens is 364 g/mol. The second-order valence-corrected chi connectivity index (χ2v) is 7.00. The predicted octanol–water partition coefficient (Wildman–Crippen LogP) is 4.15. The van der Waals surface area contributed by atoms with Crippen LogP contribution in [-0.4, -0.2) is 31.2 Å². The monoisotopic (exact) mass is 392 g/mol. The summed E-state index contributed by atoms with van der Waals surface area (Å²) in [6.45, 7) is 2.65. The predicted molar refractivity (Wildman–Crippen MR) is 115 cm³/mol. The van der Waals surface area contributed by atoms with E-state index in [1.165, 1.54) is 11.1 Å². The Kier molecular flexibility index (Phi) is 6.95. The van der Waals surface area contributed by atoms with Gasteiger partial charge in [0.2, 0.25) is 5.91 Å². The van der Waals surface area contributed by atoms with Crippen molar-refractivity contribution in [1.82, 2.24) is 9.88 Å². The Morgan fingerprint density at radius 3 is 2.41 bits per heavy atom. The molecule has 0 aliphatic carbocycles. The van der Waals surface area contributed by atoms with Gasteiger partial charge in [0, 0.05) is 18.9 Å². The van der Waals surface area contributed by atoms with Gasteiger partial charge in [0.05, 0.1) is 26.7 Å². The van der Waals surface area contributed by atoms with E-state index in [1.54, 1.807) is 14.2 Å². The lowest BCUT2D eigenvalue weighted by Gasteiger charge is -2.21. The molecule has 1 N–H and O–H groups in total. The first kappa shape index (κ1) is 20.5. The minimum atomic E-state index is -0.0210. The number of aromatic nitrogens is 1. The van der Waals surface area contributed by atoms with Gasteiger partial charge in [-0.1, -0.05) is 30.3 Å². The van der Waals surface area contributed by atoms with E-state index in [0.29, 0.717) is 24.5 Å². The summed E-state index contributed by atoms with van der Waals surface area (Å²) in [7, 11) is 3.24. The molecule has 1 amide bonds. The number of nitrogens with zero attached hydrogens (tertiary/aromatic N) is 1. The van der Waals surface area contributed by atoms with Gasteiger partial charge in [0.25, 0.3) is 0 Å². The minimum absolute atomic E-state index is 0.0210. The van der Waals surface area contributed by atoms with Gasteiger partial charge < -0.3 is 19.4 Å². The zero-order valence-electron chi connectivity index (χ0n) is 17.2. The van der Waals surface area contributed by atoms with Gasteiger partial charge in [0.1, 0.15) is 0 Å². The molecule has 152 valence electrons. The quantitative estimate of drug-likeness (QED) is 0.595. The van der Waals surface area contributed by atoms with Crippen LogP contribution in [0.15, 0.2) is 67.0 Å². The van der Waals surface area contributed by atoms with Crippen LogP contribution < -0.4 is 14.8 Å². The van der Waals surface area contributed by atoms with E-state index in [9.17, 15) is 4.79 Å². The molecule has 0 fully saturated rings. The molecule has 5 heteroatoms. The van der Waals surface area contributed by atoms with Gasteiger partial charge in [-0.05, 0) is 54.3 Å². The number of nitrogens with one attached hydrogen (secondary N) is 1. The molecule has 3 aromatic rings. The molecule has 1 heterocycles. The highest BCUT2D eigenvalue weighted by Crippen LogP contribution is 2.28. The lowest BCUT2D eigenvalue weighted by molar-refractivity contribution is -0.121. The molecule has 1 atom stereocenters. The molecule has 0 aliphatic heterocycles. The van der Waals surface area contributed by atoms with Crippen molar-refractivity contribution >= 4 is 5.91 Å².